The molecule has 7 nitrogen and oxygen atoms in total. The van der Waals surface area contributed by atoms with Crippen LogP contribution in [0.1, 0.15) is 51.6 Å². The number of nitrogens with one attached hydrogen (secondary N) is 1. The fraction of sp³-hybridized carbons (Fsp3) is 0.545. The van der Waals surface area contributed by atoms with Crippen molar-refractivity contribution in [2.75, 3.05) is 25.9 Å². The maximum Gasteiger partial charge on any atom is 0.416 e. The second-order valence-electron chi connectivity index (χ2n) is 9.36. The van der Waals surface area contributed by atoms with Crippen molar-refractivity contribution in [2.45, 2.75) is 37.9 Å². The summed E-state index contributed by atoms with van der Waals surface area (Å²) < 4.78 is 65.3. The lowest BCUT2D eigenvalue weighted by molar-refractivity contribution is -0.138. The molecule has 1 saturated carbocycles. The molecule has 0 radical (unpaired) electrons. The van der Waals surface area contributed by atoms with Gasteiger partial charge in [0.15, 0.2) is 5.69 Å². The molecule has 2 aromatic rings. The number of likely N-dealkylation sites (tertiary alicyclic amines) is 1. The van der Waals surface area contributed by atoms with Gasteiger partial charge < -0.3 is 4.90 Å². The molecule has 3 heterocycles. The first-order valence-electron chi connectivity index (χ1n) is 11.0. The van der Waals surface area contributed by atoms with Gasteiger partial charge in [-0.05, 0) is 48.6 Å². The highest BCUT2D eigenvalue weighted by Crippen LogP contribution is 2.49. The van der Waals surface area contributed by atoms with E-state index in [0.29, 0.717) is 55.8 Å². The van der Waals surface area contributed by atoms with E-state index in [4.69, 9.17) is 0 Å². The lowest BCUT2D eigenvalue weighted by Crippen LogP contribution is -2.36. The summed E-state index contributed by atoms with van der Waals surface area (Å²) in [5.41, 5.74) is 1.52. The normalized spacial score (nSPS) is 25.8. The number of carbonyl (C=O) groups excluding carboxylic acids is 1. The van der Waals surface area contributed by atoms with E-state index in [1.54, 1.807) is 17.0 Å². The smallest absolute Gasteiger partial charge is 0.337 e. The van der Waals surface area contributed by atoms with Crippen molar-refractivity contribution < 1.29 is 26.4 Å². The first-order valence-corrected chi connectivity index (χ1v) is 12.8. The van der Waals surface area contributed by atoms with Crippen LogP contribution in [0.3, 0.4) is 0 Å². The number of sulfonamides is 1. The van der Waals surface area contributed by atoms with Gasteiger partial charge in [0.05, 0.1) is 24.1 Å². The van der Waals surface area contributed by atoms with Crippen LogP contribution >= 0.6 is 0 Å². The number of hydrogen-bond donors (Lipinski definition) is 1. The summed E-state index contributed by atoms with van der Waals surface area (Å²) in [7, 11) is -3.33. The molecule has 0 unspecified atom stereocenters. The van der Waals surface area contributed by atoms with Crippen molar-refractivity contribution in [3.63, 3.8) is 0 Å². The third kappa shape index (κ3) is 4.05. The minimum absolute atomic E-state index is 0.157. The topological polar surface area (TPSA) is 86.4 Å². The van der Waals surface area contributed by atoms with Gasteiger partial charge in [0, 0.05) is 25.2 Å². The fourth-order valence-corrected chi connectivity index (χ4v) is 6.52. The molecule has 33 heavy (non-hydrogen) atoms. The minimum Gasteiger partial charge on any atom is -0.337 e. The molecule has 1 amide bonds. The second kappa shape index (κ2) is 7.83. The van der Waals surface area contributed by atoms with E-state index in [1.165, 1.54) is 10.4 Å². The SMILES string of the molecule is CS(=O)(=O)N1CCc2c(C(=O)N3C[C@H]4C[C@H](c5ccccc5C(F)(F)F)C[C@H]4C3)n[nH]c2C1. The van der Waals surface area contributed by atoms with Crippen LogP contribution in [0.25, 0.3) is 0 Å². The van der Waals surface area contributed by atoms with Gasteiger partial charge in [0.25, 0.3) is 5.91 Å². The van der Waals surface area contributed by atoms with Gasteiger partial charge in [-0.1, -0.05) is 18.2 Å². The largest absolute Gasteiger partial charge is 0.416 e. The number of aromatic amines is 1. The summed E-state index contributed by atoms with van der Waals surface area (Å²) >= 11 is 0. The van der Waals surface area contributed by atoms with Crippen LogP contribution < -0.4 is 0 Å². The fourth-order valence-electron chi connectivity index (χ4n) is 5.73. The van der Waals surface area contributed by atoms with E-state index in [1.807, 2.05) is 0 Å². The molecule has 5 rings (SSSR count). The highest BCUT2D eigenvalue weighted by Gasteiger charge is 2.45. The Balaban J connectivity index is 1.28. The molecule has 0 spiro atoms. The summed E-state index contributed by atoms with van der Waals surface area (Å²) in [6.45, 7) is 1.48. The molecule has 11 heteroatoms. The number of alkyl halides is 3. The van der Waals surface area contributed by atoms with E-state index in [9.17, 15) is 26.4 Å². The number of hydrogen-bond acceptors (Lipinski definition) is 4. The van der Waals surface area contributed by atoms with Crippen molar-refractivity contribution >= 4 is 15.9 Å². The molecule has 3 aliphatic rings. The van der Waals surface area contributed by atoms with Crippen LogP contribution in [-0.4, -0.2) is 59.6 Å². The Morgan fingerprint density at radius 3 is 2.45 bits per heavy atom. The summed E-state index contributed by atoms with van der Waals surface area (Å²) in [4.78, 5) is 14.9. The third-order valence-corrected chi connectivity index (χ3v) is 8.56. The number of nitrogens with zero attached hydrogens (tertiary/aromatic N) is 3. The van der Waals surface area contributed by atoms with Crippen LogP contribution in [0.4, 0.5) is 13.2 Å². The molecule has 1 saturated heterocycles. The Bertz CT molecular complexity index is 1180. The van der Waals surface area contributed by atoms with E-state index < -0.39 is 21.8 Å². The van der Waals surface area contributed by atoms with E-state index in [0.717, 1.165) is 17.9 Å². The molecule has 0 bridgehead atoms. The Hall–Kier alpha value is -2.40. The Morgan fingerprint density at radius 1 is 1.15 bits per heavy atom. The predicted molar refractivity (Wildman–Crippen MR) is 114 cm³/mol. The van der Waals surface area contributed by atoms with Crippen molar-refractivity contribution in [1.82, 2.24) is 19.4 Å². The minimum atomic E-state index is -4.37. The number of aromatic nitrogens is 2. The number of halogens is 3. The molecule has 1 aromatic heterocycles. The zero-order chi connectivity index (χ0) is 23.5. The summed E-state index contributed by atoms with van der Waals surface area (Å²) in [5, 5.41) is 7.01. The van der Waals surface area contributed by atoms with Crippen LogP contribution in [0.5, 0.6) is 0 Å². The van der Waals surface area contributed by atoms with Crippen molar-refractivity contribution in [3.8, 4) is 0 Å². The summed E-state index contributed by atoms with van der Waals surface area (Å²) in [5.74, 6) is -0.0244. The van der Waals surface area contributed by atoms with Crippen LogP contribution in [0.15, 0.2) is 24.3 Å². The van der Waals surface area contributed by atoms with Crippen LogP contribution in [0, 0.1) is 11.8 Å². The molecular formula is C22H25F3N4O3S. The second-order valence-corrected chi connectivity index (χ2v) is 11.3. The third-order valence-electron chi connectivity index (χ3n) is 7.31. The lowest BCUT2D eigenvalue weighted by Gasteiger charge is -2.25. The highest BCUT2D eigenvalue weighted by molar-refractivity contribution is 7.88. The van der Waals surface area contributed by atoms with Gasteiger partial charge in [0.2, 0.25) is 10.0 Å². The predicted octanol–water partition coefficient (Wildman–Crippen LogP) is 3.01. The average Bonchev–Trinajstić information content (AvgIpc) is 3.44. The number of H-pyrrole nitrogens is 1. The zero-order valence-corrected chi connectivity index (χ0v) is 18.9. The Labute approximate surface area is 190 Å². The molecule has 2 aliphatic heterocycles. The number of benzene rings is 1. The molecule has 3 atom stereocenters. The number of fused-ring (bicyclic) bond motifs is 2. The van der Waals surface area contributed by atoms with Gasteiger partial charge in [-0.15, -0.1) is 0 Å². The number of amides is 1. The van der Waals surface area contributed by atoms with Crippen LogP contribution in [-0.2, 0) is 29.2 Å². The summed E-state index contributed by atoms with van der Waals surface area (Å²) in [6, 6.07) is 5.79. The molecular weight excluding hydrogens is 457 g/mol. The Kier molecular flexibility index (Phi) is 5.32. The number of carbonyl (C=O) groups is 1. The van der Waals surface area contributed by atoms with Gasteiger partial charge in [-0.3, -0.25) is 9.89 Å². The number of rotatable bonds is 3. The average molecular weight is 483 g/mol. The standard InChI is InChI=1S/C22H25F3N4O3S/c1-33(31,32)29-7-6-17-19(12-29)26-27-20(17)21(30)28-10-14-8-13(9-15(14)11-28)16-4-2-3-5-18(16)22(23,24)25/h2-5,13-15H,6-12H2,1H3,(H,26,27)/t13-,14+,15-. The molecule has 2 fully saturated rings. The summed E-state index contributed by atoms with van der Waals surface area (Å²) in [6.07, 6.45) is -1.55. The molecule has 1 aromatic carbocycles. The zero-order valence-electron chi connectivity index (χ0n) is 18.1. The molecule has 178 valence electrons. The monoisotopic (exact) mass is 482 g/mol. The first-order chi connectivity index (χ1) is 15.5. The van der Waals surface area contributed by atoms with Crippen molar-refractivity contribution in [3.05, 3.63) is 52.3 Å². The maximum atomic E-state index is 13.4. The first kappa shape index (κ1) is 22.4. The van der Waals surface area contributed by atoms with Gasteiger partial charge >= 0.3 is 6.18 Å². The van der Waals surface area contributed by atoms with E-state index in [2.05, 4.69) is 10.2 Å². The van der Waals surface area contributed by atoms with Crippen molar-refractivity contribution in [2.24, 2.45) is 11.8 Å². The van der Waals surface area contributed by atoms with Gasteiger partial charge in [-0.25, -0.2) is 8.42 Å². The molecule has 1 aliphatic carbocycles. The van der Waals surface area contributed by atoms with E-state index in [-0.39, 0.29) is 30.2 Å². The quantitative estimate of drug-likeness (QED) is 0.729. The van der Waals surface area contributed by atoms with Crippen molar-refractivity contribution in [1.29, 1.82) is 0 Å². The van der Waals surface area contributed by atoms with Crippen LogP contribution in [0.2, 0.25) is 0 Å². The lowest BCUT2D eigenvalue weighted by atomic mass is 9.91. The Morgan fingerprint density at radius 2 is 1.82 bits per heavy atom. The van der Waals surface area contributed by atoms with Gasteiger partial charge in [-0.2, -0.15) is 22.6 Å². The maximum absolute atomic E-state index is 13.4. The van der Waals surface area contributed by atoms with Gasteiger partial charge in [0.1, 0.15) is 0 Å². The highest BCUT2D eigenvalue weighted by atomic mass is 32.2. The molecule has 1 N–H and O–H groups in total. The van der Waals surface area contributed by atoms with E-state index >= 15 is 0 Å².